The van der Waals surface area contributed by atoms with Gasteiger partial charge in [-0.05, 0) is 54.5 Å². The van der Waals surface area contributed by atoms with Crippen LogP contribution in [0.5, 0.6) is 0 Å². The van der Waals surface area contributed by atoms with Gasteiger partial charge in [-0.2, -0.15) is 17.5 Å². The number of aliphatic hydroxyl groups excluding tert-OH is 1. The first-order valence-corrected chi connectivity index (χ1v) is 16.6. The van der Waals surface area contributed by atoms with Crippen molar-refractivity contribution >= 4 is 31.9 Å². The normalized spacial score (nSPS) is 26.6. The Balaban J connectivity index is 1.61. The van der Waals surface area contributed by atoms with Crippen molar-refractivity contribution < 1.29 is 36.2 Å². The number of sulfonamides is 1. The number of ether oxygens (including phenoxy) is 1. The summed E-state index contributed by atoms with van der Waals surface area (Å²) in [6, 6.07) is 13.0. The summed E-state index contributed by atoms with van der Waals surface area (Å²) in [5, 5.41) is 17.6. The van der Waals surface area contributed by atoms with Crippen molar-refractivity contribution in [1.82, 2.24) is 14.9 Å². The molecule has 1 amide bonds. The van der Waals surface area contributed by atoms with Crippen molar-refractivity contribution in [1.29, 1.82) is 0 Å². The maximum Gasteiger partial charge on any atom is 0.390 e. The second kappa shape index (κ2) is 14.7. The number of nitrogens with zero attached hydrogens (tertiary/aromatic N) is 1. The van der Waals surface area contributed by atoms with Crippen LogP contribution in [0.2, 0.25) is 0 Å². The number of likely N-dealkylation sites (N-methyl/N-ethyl adjacent to an activating group) is 1. The zero-order chi connectivity index (χ0) is 31.2. The van der Waals surface area contributed by atoms with Gasteiger partial charge >= 0.3 is 6.18 Å². The van der Waals surface area contributed by atoms with E-state index in [-0.39, 0.29) is 44.6 Å². The molecule has 4 rings (SSSR count). The van der Waals surface area contributed by atoms with Gasteiger partial charge < -0.3 is 20.5 Å². The van der Waals surface area contributed by atoms with Gasteiger partial charge in [0.1, 0.15) is 6.04 Å². The lowest BCUT2D eigenvalue weighted by atomic mass is 9.99. The first-order valence-electron chi connectivity index (χ1n) is 14.2. The van der Waals surface area contributed by atoms with Gasteiger partial charge in [0.05, 0.1) is 37.0 Å². The Morgan fingerprint density at radius 1 is 1.12 bits per heavy atom. The molecule has 2 aromatic carbocycles. The Bertz CT molecular complexity index is 1380. The third kappa shape index (κ3) is 9.35. The summed E-state index contributed by atoms with van der Waals surface area (Å²) in [6.07, 6.45) is -2.64. The molecule has 0 unspecified atom stereocenters. The van der Waals surface area contributed by atoms with Crippen molar-refractivity contribution in [2.45, 2.75) is 68.6 Å². The number of β-amino-alcohol motifs (C(OH)–C–C–N with tert-alkyl or cyclic N) is 1. The molecule has 3 N–H and O–H groups in total. The number of aliphatic hydroxyl groups is 1. The lowest BCUT2D eigenvalue weighted by Crippen LogP contribution is -2.55. The molecule has 2 bridgehead atoms. The largest absolute Gasteiger partial charge is 0.390 e. The minimum absolute atomic E-state index is 0.0266. The molecule has 43 heavy (non-hydrogen) atoms. The molecule has 0 aromatic heterocycles. The van der Waals surface area contributed by atoms with Crippen LogP contribution in [0.15, 0.2) is 65.2 Å². The van der Waals surface area contributed by atoms with Gasteiger partial charge in [0.15, 0.2) is 0 Å². The molecule has 0 saturated carbocycles. The standard InChI is InChI=1S/C30H37BrF3N3O5S/c1-37(43(40,41)15-13-30(32,33)34)26-10-6-3-7-14-42-28-18-24(23-17-21(31)11-12-22(23)28)35-19-27(38)25(36-29(26)39)16-20-8-4-2-5-9-20/h2-5,7-9,11-12,17,24-28,35,38H,6,10,13-16,18-19H2,1H3,(H,36,39)/b7-3-/t24-,25-,26-,27+,28+/m0/s1. The summed E-state index contributed by atoms with van der Waals surface area (Å²) in [5.74, 6) is -1.86. The van der Waals surface area contributed by atoms with Gasteiger partial charge in [-0.1, -0.05) is 64.5 Å². The van der Waals surface area contributed by atoms with Gasteiger partial charge in [-0.15, -0.1) is 0 Å². The van der Waals surface area contributed by atoms with Gasteiger partial charge in [-0.3, -0.25) is 4.79 Å². The number of amides is 1. The summed E-state index contributed by atoms with van der Waals surface area (Å²) in [7, 11) is -3.30. The third-order valence-corrected chi connectivity index (χ3v) is 10.2. The second-order valence-electron chi connectivity index (χ2n) is 10.9. The van der Waals surface area contributed by atoms with E-state index < -0.39 is 52.5 Å². The average molecular weight is 689 g/mol. The van der Waals surface area contributed by atoms with Gasteiger partial charge in [0.2, 0.25) is 15.9 Å². The van der Waals surface area contributed by atoms with E-state index in [2.05, 4.69) is 26.6 Å². The number of hydrogen-bond donors (Lipinski definition) is 3. The number of carbonyl (C=O) groups is 1. The minimum atomic E-state index is -4.66. The second-order valence-corrected chi connectivity index (χ2v) is 14.0. The first kappa shape index (κ1) is 33.6. The van der Waals surface area contributed by atoms with Crippen molar-refractivity contribution in [3.63, 3.8) is 0 Å². The highest BCUT2D eigenvalue weighted by Crippen LogP contribution is 2.42. The fourth-order valence-corrected chi connectivity index (χ4v) is 7.21. The molecule has 2 aromatic rings. The lowest BCUT2D eigenvalue weighted by molar-refractivity contribution is -0.130. The molecule has 2 aliphatic rings. The van der Waals surface area contributed by atoms with Crippen LogP contribution >= 0.6 is 15.9 Å². The highest BCUT2D eigenvalue weighted by molar-refractivity contribution is 9.10. The van der Waals surface area contributed by atoms with Crippen LogP contribution in [-0.4, -0.2) is 74.1 Å². The van der Waals surface area contributed by atoms with Crippen molar-refractivity contribution in [2.75, 3.05) is 26.0 Å². The van der Waals surface area contributed by atoms with Crippen molar-refractivity contribution in [3.8, 4) is 0 Å². The van der Waals surface area contributed by atoms with E-state index in [9.17, 15) is 31.5 Å². The molecule has 13 heteroatoms. The first-order chi connectivity index (χ1) is 20.3. The lowest BCUT2D eigenvalue weighted by Gasteiger charge is -2.31. The predicted octanol–water partition coefficient (Wildman–Crippen LogP) is 4.56. The number of carbonyl (C=O) groups excluding carboxylic acids is 1. The molecule has 5 atom stereocenters. The summed E-state index contributed by atoms with van der Waals surface area (Å²) >= 11 is 3.53. The highest BCUT2D eigenvalue weighted by Gasteiger charge is 2.37. The maximum atomic E-state index is 13.6. The van der Waals surface area contributed by atoms with E-state index in [0.717, 1.165) is 32.5 Å². The molecular weight excluding hydrogens is 651 g/mol. The third-order valence-electron chi connectivity index (χ3n) is 7.88. The zero-order valence-electron chi connectivity index (χ0n) is 23.8. The minimum Gasteiger partial charge on any atom is -0.390 e. The van der Waals surface area contributed by atoms with Gasteiger partial charge in [0, 0.05) is 24.1 Å². The molecule has 1 heterocycles. The molecule has 0 spiro atoms. The molecule has 0 radical (unpaired) electrons. The Kier molecular flexibility index (Phi) is 11.5. The molecule has 1 aliphatic heterocycles. The Hall–Kier alpha value is -2.29. The van der Waals surface area contributed by atoms with Crippen molar-refractivity contribution in [3.05, 3.63) is 81.8 Å². The summed E-state index contributed by atoms with van der Waals surface area (Å²) in [6.45, 7) is 0.399. The number of fused-ring (bicyclic) bond motifs is 5. The SMILES string of the molecule is CN([C@H]1CC/C=C\CO[C@@H]2C[C@H](NC[C@@H](O)[C@H](Cc3ccccc3)NC1=O)c1cc(Br)ccc12)S(=O)(=O)CCC(F)(F)F. The van der Waals surface area contributed by atoms with Crippen molar-refractivity contribution in [2.24, 2.45) is 0 Å². The van der Waals surface area contributed by atoms with E-state index in [1.807, 2.05) is 48.5 Å². The summed E-state index contributed by atoms with van der Waals surface area (Å²) < 4.78 is 72.1. The number of alkyl halides is 3. The maximum absolute atomic E-state index is 13.6. The van der Waals surface area contributed by atoms with Gasteiger partial charge in [-0.25, -0.2) is 8.42 Å². The number of benzene rings is 2. The molecule has 0 saturated heterocycles. The van der Waals surface area contributed by atoms with Crippen LogP contribution in [0.4, 0.5) is 13.2 Å². The van der Waals surface area contributed by atoms with E-state index in [0.29, 0.717) is 6.42 Å². The van der Waals surface area contributed by atoms with Gasteiger partial charge in [0.25, 0.3) is 0 Å². The highest BCUT2D eigenvalue weighted by atomic mass is 79.9. The van der Waals surface area contributed by atoms with Crippen LogP contribution in [-0.2, 0) is 26.0 Å². The number of nitrogens with one attached hydrogen (secondary N) is 2. The molecule has 1 aliphatic carbocycles. The number of rotatable bonds is 6. The van der Waals surface area contributed by atoms with Crippen LogP contribution in [0.3, 0.4) is 0 Å². The fraction of sp³-hybridized carbons (Fsp3) is 0.500. The molecule has 236 valence electrons. The number of hydrogen-bond acceptors (Lipinski definition) is 6. The Labute approximate surface area is 258 Å². The quantitative estimate of drug-likeness (QED) is 0.385. The smallest absolute Gasteiger partial charge is 0.390 e. The number of allylic oxidation sites excluding steroid dienone is 1. The van der Waals surface area contributed by atoms with E-state index in [1.54, 1.807) is 12.2 Å². The predicted molar refractivity (Wildman–Crippen MR) is 161 cm³/mol. The van der Waals surface area contributed by atoms with E-state index in [4.69, 9.17) is 4.74 Å². The monoisotopic (exact) mass is 687 g/mol. The van der Waals surface area contributed by atoms with Crippen LogP contribution in [0, 0.1) is 0 Å². The van der Waals surface area contributed by atoms with Crippen LogP contribution in [0.1, 0.15) is 54.5 Å². The summed E-state index contributed by atoms with van der Waals surface area (Å²) in [4.78, 5) is 13.6. The zero-order valence-corrected chi connectivity index (χ0v) is 26.2. The summed E-state index contributed by atoms with van der Waals surface area (Å²) in [5.41, 5.74) is 2.94. The van der Waals surface area contributed by atoms with Crippen LogP contribution in [0.25, 0.3) is 0 Å². The number of halogens is 4. The fourth-order valence-electron chi connectivity index (χ4n) is 5.47. The molecular formula is C30H37BrF3N3O5S. The topological polar surface area (TPSA) is 108 Å². The molecule has 0 fully saturated rings. The Morgan fingerprint density at radius 3 is 2.58 bits per heavy atom. The van der Waals surface area contributed by atoms with E-state index >= 15 is 0 Å². The average Bonchev–Trinajstić information content (AvgIpc) is 3.29. The van der Waals surface area contributed by atoms with E-state index in [1.165, 1.54) is 0 Å². The molecule has 8 nitrogen and oxygen atoms in total. The Morgan fingerprint density at radius 2 is 1.86 bits per heavy atom. The van der Waals surface area contributed by atoms with Crippen LogP contribution < -0.4 is 10.6 Å².